The first kappa shape index (κ1) is 16.3. The fraction of sp³-hybridized carbons (Fsp3) is 0.263. The lowest BCUT2D eigenvalue weighted by molar-refractivity contribution is -0.120. The zero-order chi connectivity index (χ0) is 17.4. The number of benzene rings is 1. The van der Waals surface area contributed by atoms with Gasteiger partial charge in [0.15, 0.2) is 4.96 Å². The fourth-order valence-corrected chi connectivity index (χ4v) is 4.90. The van der Waals surface area contributed by atoms with Crippen molar-refractivity contribution in [2.24, 2.45) is 0 Å². The molecule has 4 nitrogen and oxygen atoms in total. The van der Waals surface area contributed by atoms with Gasteiger partial charge in [-0.3, -0.25) is 9.20 Å². The second-order valence-electron chi connectivity index (χ2n) is 6.03. The number of hydrogen-bond acceptors (Lipinski definition) is 4. The first-order chi connectivity index (χ1) is 12.2. The summed E-state index contributed by atoms with van der Waals surface area (Å²) in [7, 11) is 0. The Morgan fingerprint density at radius 3 is 2.80 bits per heavy atom. The van der Waals surface area contributed by atoms with Crippen molar-refractivity contribution in [1.82, 2.24) is 14.7 Å². The molecule has 4 rings (SSSR count). The minimum atomic E-state index is 0.0495. The Morgan fingerprint density at radius 2 is 2.04 bits per heavy atom. The molecule has 0 fully saturated rings. The molecule has 0 bridgehead atoms. The highest BCUT2D eigenvalue weighted by Gasteiger charge is 2.21. The zero-order valence-corrected chi connectivity index (χ0v) is 15.8. The molecule has 0 saturated heterocycles. The molecule has 0 aliphatic rings. The van der Waals surface area contributed by atoms with Gasteiger partial charge in [0.2, 0.25) is 5.91 Å². The van der Waals surface area contributed by atoms with E-state index in [4.69, 9.17) is 4.98 Å². The van der Waals surface area contributed by atoms with E-state index in [1.807, 2.05) is 12.1 Å². The van der Waals surface area contributed by atoms with Gasteiger partial charge in [0, 0.05) is 11.4 Å². The molecule has 3 heterocycles. The van der Waals surface area contributed by atoms with Crippen molar-refractivity contribution in [3.8, 4) is 10.6 Å². The molecule has 1 aromatic carbocycles. The lowest BCUT2D eigenvalue weighted by Gasteiger charge is -2.06. The van der Waals surface area contributed by atoms with E-state index in [1.165, 1.54) is 9.58 Å². The number of rotatable bonds is 5. The van der Waals surface area contributed by atoms with Gasteiger partial charge in [-0.05, 0) is 37.6 Å². The van der Waals surface area contributed by atoms with Crippen LogP contribution in [0.2, 0.25) is 0 Å². The van der Waals surface area contributed by atoms with Crippen molar-refractivity contribution in [1.29, 1.82) is 0 Å². The molecule has 1 N–H and O–H groups in total. The lowest BCUT2D eigenvalue weighted by atomic mass is 10.2. The first-order valence-corrected chi connectivity index (χ1v) is 10.0. The molecule has 0 aliphatic carbocycles. The smallest absolute Gasteiger partial charge is 0.226 e. The fourth-order valence-electron chi connectivity index (χ4n) is 2.98. The number of thiazole rings is 1. The van der Waals surface area contributed by atoms with Gasteiger partial charge in [-0.15, -0.1) is 11.3 Å². The van der Waals surface area contributed by atoms with Crippen LogP contribution in [0, 0.1) is 6.92 Å². The molecule has 0 spiro atoms. The molecular formula is C19H19N3OS2. The summed E-state index contributed by atoms with van der Waals surface area (Å²) >= 11 is 3.39. The minimum Gasteiger partial charge on any atom is -0.356 e. The predicted molar refractivity (Wildman–Crippen MR) is 106 cm³/mol. The summed E-state index contributed by atoms with van der Waals surface area (Å²) in [6, 6.07) is 12.5. The Bertz CT molecular complexity index is 1060. The van der Waals surface area contributed by atoms with Gasteiger partial charge in [0.05, 0.1) is 27.2 Å². The third-order valence-electron chi connectivity index (χ3n) is 4.12. The lowest BCUT2D eigenvalue weighted by Crippen LogP contribution is -2.26. The zero-order valence-electron chi connectivity index (χ0n) is 14.2. The summed E-state index contributed by atoms with van der Waals surface area (Å²) in [5.74, 6) is 0.0495. The number of carbonyl (C=O) groups is 1. The summed E-state index contributed by atoms with van der Waals surface area (Å²) in [4.78, 5) is 20.6. The van der Waals surface area contributed by atoms with Crippen LogP contribution in [-0.2, 0) is 11.2 Å². The van der Waals surface area contributed by atoms with Crippen LogP contribution in [0.5, 0.6) is 0 Å². The van der Waals surface area contributed by atoms with E-state index in [-0.39, 0.29) is 5.91 Å². The second-order valence-corrected chi connectivity index (χ2v) is 8.33. The van der Waals surface area contributed by atoms with Crippen molar-refractivity contribution < 1.29 is 4.79 Å². The van der Waals surface area contributed by atoms with Crippen LogP contribution in [-0.4, -0.2) is 21.8 Å². The van der Waals surface area contributed by atoms with Crippen molar-refractivity contribution in [2.75, 3.05) is 6.54 Å². The summed E-state index contributed by atoms with van der Waals surface area (Å²) < 4.78 is 3.34. The van der Waals surface area contributed by atoms with Crippen LogP contribution in [0.1, 0.15) is 23.9 Å². The Labute approximate surface area is 154 Å². The highest BCUT2D eigenvalue weighted by atomic mass is 32.1. The highest BCUT2D eigenvalue weighted by Crippen LogP contribution is 2.35. The number of carbonyl (C=O) groups excluding carboxylic acids is 1. The summed E-state index contributed by atoms with van der Waals surface area (Å²) in [5.41, 5.74) is 3.03. The standard InChI is InChI=1S/C19H19N3OS2/c1-3-10-20-17(23)11-14-18(16-9-8-12(2)24-16)21-19-22(14)13-6-4-5-7-15(13)25-19/h4-9H,3,10-11H2,1-2H3,(H,20,23). The van der Waals surface area contributed by atoms with Crippen molar-refractivity contribution in [3.63, 3.8) is 0 Å². The van der Waals surface area contributed by atoms with Gasteiger partial charge in [0.1, 0.15) is 5.69 Å². The summed E-state index contributed by atoms with van der Waals surface area (Å²) in [5, 5.41) is 2.99. The Balaban J connectivity index is 1.88. The summed E-state index contributed by atoms with van der Waals surface area (Å²) in [6.45, 7) is 4.86. The van der Waals surface area contributed by atoms with E-state index in [2.05, 4.69) is 47.8 Å². The Kier molecular flexibility index (Phi) is 4.31. The maximum Gasteiger partial charge on any atom is 0.226 e. The monoisotopic (exact) mass is 369 g/mol. The average Bonchev–Trinajstić information content (AvgIpc) is 3.27. The molecule has 128 valence electrons. The molecule has 1 amide bonds. The van der Waals surface area contributed by atoms with Crippen LogP contribution < -0.4 is 5.32 Å². The van der Waals surface area contributed by atoms with Crippen molar-refractivity contribution in [2.45, 2.75) is 26.7 Å². The second kappa shape index (κ2) is 6.61. The molecule has 0 aliphatic heterocycles. The van der Waals surface area contributed by atoms with Gasteiger partial charge in [0.25, 0.3) is 0 Å². The number of para-hydroxylation sites is 1. The number of amides is 1. The number of nitrogens with zero attached hydrogens (tertiary/aromatic N) is 2. The number of aryl methyl sites for hydroxylation is 1. The van der Waals surface area contributed by atoms with Crippen molar-refractivity contribution >= 4 is 43.8 Å². The maximum atomic E-state index is 12.4. The number of fused-ring (bicyclic) bond motifs is 3. The SMILES string of the molecule is CCCNC(=O)Cc1c(-c2ccc(C)s2)nc2sc3ccccc3n12. The van der Waals surface area contributed by atoms with Gasteiger partial charge in [-0.25, -0.2) is 4.98 Å². The molecule has 6 heteroatoms. The van der Waals surface area contributed by atoms with Crippen LogP contribution in [0.4, 0.5) is 0 Å². The van der Waals surface area contributed by atoms with E-state index in [1.54, 1.807) is 22.7 Å². The van der Waals surface area contributed by atoms with E-state index < -0.39 is 0 Å². The number of aromatic nitrogens is 2. The average molecular weight is 370 g/mol. The molecular weight excluding hydrogens is 350 g/mol. The molecule has 25 heavy (non-hydrogen) atoms. The van der Waals surface area contributed by atoms with Crippen LogP contribution in [0.25, 0.3) is 25.7 Å². The highest BCUT2D eigenvalue weighted by molar-refractivity contribution is 7.23. The minimum absolute atomic E-state index is 0.0495. The third kappa shape index (κ3) is 2.96. The number of hydrogen-bond donors (Lipinski definition) is 1. The van der Waals surface area contributed by atoms with E-state index in [0.717, 1.165) is 33.2 Å². The number of thiophene rings is 1. The first-order valence-electron chi connectivity index (χ1n) is 8.39. The molecule has 0 saturated carbocycles. The molecule has 0 radical (unpaired) electrons. The summed E-state index contributed by atoms with van der Waals surface area (Å²) in [6.07, 6.45) is 1.28. The molecule has 4 aromatic rings. The maximum absolute atomic E-state index is 12.4. The topological polar surface area (TPSA) is 46.4 Å². The third-order valence-corrected chi connectivity index (χ3v) is 6.15. The number of nitrogens with one attached hydrogen (secondary N) is 1. The van der Waals surface area contributed by atoms with Gasteiger partial charge >= 0.3 is 0 Å². The van der Waals surface area contributed by atoms with Crippen molar-refractivity contribution in [3.05, 3.63) is 47.0 Å². The molecule has 0 unspecified atom stereocenters. The molecule has 3 aromatic heterocycles. The molecule has 0 atom stereocenters. The van der Waals surface area contributed by atoms with Gasteiger partial charge < -0.3 is 5.32 Å². The van der Waals surface area contributed by atoms with E-state index >= 15 is 0 Å². The van der Waals surface area contributed by atoms with E-state index in [9.17, 15) is 4.79 Å². The van der Waals surface area contributed by atoms with Crippen LogP contribution >= 0.6 is 22.7 Å². The normalized spacial score (nSPS) is 11.4. The Morgan fingerprint density at radius 1 is 1.20 bits per heavy atom. The Hall–Kier alpha value is -2.18. The van der Waals surface area contributed by atoms with Gasteiger partial charge in [-0.2, -0.15) is 0 Å². The number of imidazole rings is 1. The van der Waals surface area contributed by atoms with Crippen LogP contribution in [0.15, 0.2) is 36.4 Å². The predicted octanol–water partition coefficient (Wildman–Crippen LogP) is 4.65. The van der Waals surface area contributed by atoms with Crippen LogP contribution in [0.3, 0.4) is 0 Å². The van der Waals surface area contributed by atoms with E-state index in [0.29, 0.717) is 13.0 Å². The largest absolute Gasteiger partial charge is 0.356 e. The quantitative estimate of drug-likeness (QED) is 0.556. The van der Waals surface area contributed by atoms with Gasteiger partial charge in [-0.1, -0.05) is 30.4 Å².